The molecular weight excluding hydrogens is 291 g/mol. The van der Waals surface area contributed by atoms with Crippen molar-refractivity contribution >= 4 is 22.6 Å². The topological polar surface area (TPSA) is 27.1 Å². The molecule has 1 unspecified atom stereocenters. The molecule has 0 amide bonds. The van der Waals surface area contributed by atoms with Gasteiger partial charge in [0, 0.05) is 30.5 Å². The van der Waals surface area contributed by atoms with Crippen LogP contribution in [0.3, 0.4) is 0 Å². The highest BCUT2D eigenvalue weighted by atomic mass is 35.5. The van der Waals surface area contributed by atoms with E-state index in [1.54, 1.807) is 6.07 Å². The average Bonchev–Trinajstić information content (AvgIpc) is 2.73. The van der Waals surface area contributed by atoms with E-state index in [9.17, 15) is 4.39 Å². The number of halogens is 2. The second-order valence-electron chi connectivity index (χ2n) is 6.35. The Morgan fingerprint density at radius 3 is 2.57 bits per heavy atom. The quantitative estimate of drug-likeness (QED) is 0.773. The molecule has 1 aromatic heterocycles. The number of aryl methyl sites for hydroxylation is 1. The number of nitrogens with zero attached hydrogens (tertiary/aromatic N) is 2. The third-order valence-corrected chi connectivity index (χ3v) is 4.18. The molecule has 1 heterocycles. The summed E-state index contributed by atoms with van der Waals surface area (Å²) in [5.41, 5.74) is 1.58. The van der Waals surface area contributed by atoms with Crippen molar-refractivity contribution in [1.29, 1.82) is 0 Å². The lowest BCUT2D eigenvalue weighted by Gasteiger charge is -2.30. The van der Waals surface area contributed by atoms with Gasteiger partial charge in [0.1, 0.15) is 5.82 Å². The van der Waals surface area contributed by atoms with Crippen LogP contribution in [-0.2, 0) is 6.42 Å². The summed E-state index contributed by atoms with van der Waals surface area (Å²) in [5, 5.41) is 0. The van der Waals surface area contributed by atoms with E-state index in [-0.39, 0.29) is 17.2 Å². The van der Waals surface area contributed by atoms with Gasteiger partial charge in [0.2, 0.25) is 0 Å². The summed E-state index contributed by atoms with van der Waals surface area (Å²) in [7, 11) is 1.47. The number of benzene rings is 1. The van der Waals surface area contributed by atoms with Gasteiger partial charge in [-0.15, -0.1) is 11.6 Å². The number of imidazole rings is 1. The maximum absolute atomic E-state index is 13.9. The Morgan fingerprint density at radius 2 is 2.05 bits per heavy atom. The van der Waals surface area contributed by atoms with Gasteiger partial charge < -0.3 is 9.30 Å². The summed E-state index contributed by atoms with van der Waals surface area (Å²) >= 11 is 5.89. The summed E-state index contributed by atoms with van der Waals surface area (Å²) in [6.45, 7) is 8.67. The Morgan fingerprint density at radius 1 is 1.38 bits per heavy atom. The maximum Gasteiger partial charge on any atom is 0.167 e. The highest BCUT2D eigenvalue weighted by Crippen LogP contribution is 2.35. The van der Waals surface area contributed by atoms with E-state index in [1.807, 2.05) is 0 Å². The predicted octanol–water partition coefficient (Wildman–Crippen LogP) is 4.57. The lowest BCUT2D eigenvalue weighted by atomic mass is 9.87. The van der Waals surface area contributed by atoms with Crippen molar-refractivity contribution in [2.24, 2.45) is 5.41 Å². The lowest BCUT2D eigenvalue weighted by molar-refractivity contribution is 0.263. The van der Waals surface area contributed by atoms with Crippen molar-refractivity contribution < 1.29 is 9.13 Å². The van der Waals surface area contributed by atoms with E-state index in [0.717, 1.165) is 11.3 Å². The fourth-order valence-electron chi connectivity index (χ4n) is 2.38. The molecular formula is C16H22ClFN2O. The first-order valence-electron chi connectivity index (χ1n) is 7.10. The minimum Gasteiger partial charge on any atom is -0.494 e. The Labute approximate surface area is 130 Å². The molecule has 1 aromatic carbocycles. The molecule has 21 heavy (non-hydrogen) atoms. The Hall–Kier alpha value is -1.29. The first-order chi connectivity index (χ1) is 9.79. The molecule has 116 valence electrons. The van der Waals surface area contributed by atoms with Crippen LogP contribution in [0.15, 0.2) is 12.1 Å². The molecule has 2 rings (SSSR count). The molecule has 0 aliphatic rings. The SMILES string of the molecule is COc1cc2c(cc1F)nc(CCCl)n2C(C)C(C)(C)C. The molecule has 0 saturated heterocycles. The molecule has 0 aliphatic heterocycles. The third kappa shape index (κ3) is 3.00. The van der Waals surface area contributed by atoms with Crippen LogP contribution in [0.25, 0.3) is 11.0 Å². The number of hydrogen-bond donors (Lipinski definition) is 0. The molecule has 0 N–H and O–H groups in total. The largest absolute Gasteiger partial charge is 0.494 e. The third-order valence-electron chi connectivity index (χ3n) is 3.99. The Kier molecular flexibility index (Phi) is 4.47. The molecule has 3 nitrogen and oxygen atoms in total. The molecule has 0 aliphatic carbocycles. The van der Waals surface area contributed by atoms with E-state index < -0.39 is 5.82 Å². The van der Waals surface area contributed by atoms with Gasteiger partial charge in [0.25, 0.3) is 0 Å². The normalized spacial score (nSPS) is 13.7. The zero-order valence-electron chi connectivity index (χ0n) is 13.2. The van der Waals surface area contributed by atoms with Crippen LogP contribution in [0.5, 0.6) is 5.75 Å². The second-order valence-corrected chi connectivity index (χ2v) is 6.73. The molecule has 0 radical (unpaired) electrons. The summed E-state index contributed by atoms with van der Waals surface area (Å²) in [6.07, 6.45) is 0.653. The number of alkyl halides is 1. The van der Waals surface area contributed by atoms with E-state index in [4.69, 9.17) is 16.3 Å². The molecule has 0 bridgehead atoms. The van der Waals surface area contributed by atoms with E-state index in [2.05, 4.69) is 37.2 Å². The summed E-state index contributed by atoms with van der Waals surface area (Å²) in [6, 6.07) is 3.35. The molecule has 1 atom stereocenters. The highest BCUT2D eigenvalue weighted by Gasteiger charge is 2.26. The van der Waals surface area contributed by atoms with Gasteiger partial charge in [-0.3, -0.25) is 0 Å². The van der Waals surface area contributed by atoms with Crippen LogP contribution in [0.1, 0.15) is 39.6 Å². The van der Waals surface area contributed by atoms with Crippen molar-refractivity contribution in [2.45, 2.75) is 40.2 Å². The van der Waals surface area contributed by atoms with E-state index in [1.165, 1.54) is 13.2 Å². The zero-order chi connectivity index (χ0) is 15.8. The summed E-state index contributed by atoms with van der Waals surface area (Å²) < 4.78 is 21.1. The number of fused-ring (bicyclic) bond motifs is 1. The fourth-order valence-corrected chi connectivity index (χ4v) is 2.55. The predicted molar refractivity (Wildman–Crippen MR) is 84.8 cm³/mol. The number of methoxy groups -OCH3 is 1. The van der Waals surface area contributed by atoms with Crippen LogP contribution in [-0.4, -0.2) is 22.5 Å². The van der Waals surface area contributed by atoms with Crippen molar-refractivity contribution in [2.75, 3.05) is 13.0 Å². The smallest absolute Gasteiger partial charge is 0.167 e. The van der Waals surface area contributed by atoms with Crippen LogP contribution in [0, 0.1) is 11.2 Å². The van der Waals surface area contributed by atoms with Gasteiger partial charge in [0.05, 0.1) is 18.1 Å². The monoisotopic (exact) mass is 312 g/mol. The minimum atomic E-state index is -0.393. The fraction of sp³-hybridized carbons (Fsp3) is 0.562. The number of aromatic nitrogens is 2. The second kappa shape index (κ2) is 5.84. The van der Waals surface area contributed by atoms with Crippen LogP contribution in [0.2, 0.25) is 0 Å². The van der Waals surface area contributed by atoms with Crippen molar-refractivity contribution in [3.05, 3.63) is 23.8 Å². The summed E-state index contributed by atoms with van der Waals surface area (Å²) in [5.74, 6) is 1.22. The highest BCUT2D eigenvalue weighted by molar-refractivity contribution is 6.17. The van der Waals surface area contributed by atoms with Crippen molar-refractivity contribution in [3.63, 3.8) is 0 Å². The number of ether oxygens (including phenoxy) is 1. The molecule has 0 fully saturated rings. The lowest BCUT2D eigenvalue weighted by Crippen LogP contribution is -2.23. The number of hydrogen-bond acceptors (Lipinski definition) is 2. The molecule has 0 saturated carbocycles. The summed E-state index contributed by atoms with van der Waals surface area (Å²) in [4.78, 5) is 4.56. The first-order valence-corrected chi connectivity index (χ1v) is 7.63. The van der Waals surface area contributed by atoms with Gasteiger partial charge in [-0.2, -0.15) is 0 Å². The van der Waals surface area contributed by atoms with Crippen molar-refractivity contribution in [3.8, 4) is 5.75 Å². The minimum absolute atomic E-state index is 0.0519. The Bertz CT molecular complexity index is 646. The zero-order valence-corrected chi connectivity index (χ0v) is 14.0. The average molecular weight is 313 g/mol. The molecule has 2 aromatic rings. The van der Waals surface area contributed by atoms with Crippen molar-refractivity contribution in [1.82, 2.24) is 9.55 Å². The van der Waals surface area contributed by atoms with Gasteiger partial charge >= 0.3 is 0 Å². The Balaban J connectivity index is 2.71. The molecule has 5 heteroatoms. The maximum atomic E-state index is 13.9. The van der Waals surface area contributed by atoms with Gasteiger partial charge in [-0.1, -0.05) is 20.8 Å². The van der Waals surface area contributed by atoms with Crippen LogP contribution >= 0.6 is 11.6 Å². The van der Waals surface area contributed by atoms with Crippen LogP contribution < -0.4 is 4.74 Å². The first kappa shape index (κ1) is 16.1. The van der Waals surface area contributed by atoms with Gasteiger partial charge in [0.15, 0.2) is 11.6 Å². The number of rotatable bonds is 4. The van der Waals surface area contributed by atoms with Crippen LogP contribution in [0.4, 0.5) is 4.39 Å². The van der Waals surface area contributed by atoms with E-state index >= 15 is 0 Å². The van der Waals surface area contributed by atoms with Gasteiger partial charge in [-0.05, 0) is 12.3 Å². The molecule has 0 spiro atoms. The standard InChI is InChI=1S/C16H22ClFN2O/c1-10(16(2,3)4)20-13-9-14(21-5)11(18)8-12(13)19-15(20)6-7-17/h8-10H,6-7H2,1-5H3. The van der Waals surface area contributed by atoms with E-state index in [0.29, 0.717) is 17.8 Å². The van der Waals surface area contributed by atoms with Gasteiger partial charge in [-0.25, -0.2) is 9.37 Å².